The molecule has 1 atom stereocenters. The molecule has 2 aromatic carbocycles. The van der Waals surface area contributed by atoms with Crippen LogP contribution in [0.4, 0.5) is 13.2 Å². The van der Waals surface area contributed by atoms with E-state index in [-0.39, 0.29) is 11.5 Å². The smallest absolute Gasteiger partial charge is 0.405 e. The first-order valence-corrected chi connectivity index (χ1v) is 10.8. The van der Waals surface area contributed by atoms with Crippen molar-refractivity contribution >= 4 is 11.8 Å². The van der Waals surface area contributed by atoms with Gasteiger partial charge in [-0.05, 0) is 49.8 Å². The zero-order valence-electron chi connectivity index (χ0n) is 17.6. The third kappa shape index (κ3) is 4.45. The highest BCUT2D eigenvalue weighted by Crippen LogP contribution is 2.40. The van der Waals surface area contributed by atoms with Crippen LogP contribution < -0.4 is 4.74 Å². The molecule has 1 spiro atoms. The van der Waals surface area contributed by atoms with Crippen LogP contribution >= 0.6 is 0 Å². The molecule has 2 amide bonds. The van der Waals surface area contributed by atoms with Crippen LogP contribution in [0.2, 0.25) is 0 Å². The Bertz CT molecular complexity index is 980. The van der Waals surface area contributed by atoms with E-state index < -0.39 is 23.6 Å². The minimum absolute atomic E-state index is 0.111. The molecule has 2 aliphatic heterocycles. The molecule has 0 saturated carbocycles. The van der Waals surface area contributed by atoms with Crippen molar-refractivity contribution < 1.29 is 27.5 Å². The summed E-state index contributed by atoms with van der Waals surface area (Å²) in [7, 11) is 0. The first kappa shape index (κ1) is 22.2. The lowest BCUT2D eigenvalue weighted by Gasteiger charge is -2.44. The number of hydrogen-bond acceptors (Lipinski definition) is 3. The first-order chi connectivity index (χ1) is 15.3. The normalized spacial score (nSPS) is 21.3. The summed E-state index contributed by atoms with van der Waals surface area (Å²) in [4.78, 5) is 30.2. The van der Waals surface area contributed by atoms with Crippen molar-refractivity contribution in [3.05, 3.63) is 65.7 Å². The Kier molecular flexibility index (Phi) is 6.13. The van der Waals surface area contributed by atoms with E-state index in [0.717, 1.165) is 18.1 Å². The minimum Gasteiger partial charge on any atom is -0.405 e. The molecule has 0 aromatic heterocycles. The zero-order chi connectivity index (χ0) is 22.8. The molecule has 32 heavy (non-hydrogen) atoms. The van der Waals surface area contributed by atoms with Crippen LogP contribution in [0, 0.1) is 0 Å². The molecule has 8 heteroatoms. The fourth-order valence-electron chi connectivity index (χ4n) is 4.85. The molecule has 1 unspecified atom stereocenters. The van der Waals surface area contributed by atoms with E-state index in [2.05, 4.69) is 4.74 Å². The molecule has 4 rings (SSSR count). The summed E-state index contributed by atoms with van der Waals surface area (Å²) in [6.45, 7) is 1.49. The lowest BCUT2D eigenvalue weighted by atomic mass is 9.84. The van der Waals surface area contributed by atoms with E-state index in [9.17, 15) is 22.8 Å². The van der Waals surface area contributed by atoms with Gasteiger partial charge in [0.15, 0.2) is 0 Å². The average molecular weight is 446 g/mol. The summed E-state index contributed by atoms with van der Waals surface area (Å²) in [5.41, 5.74) is -0.0602. The highest BCUT2D eigenvalue weighted by molar-refractivity contribution is 6.01. The molecule has 0 N–H and O–H groups in total. The highest BCUT2D eigenvalue weighted by atomic mass is 19.4. The number of likely N-dealkylation sites (tertiary alicyclic amines) is 2. The number of alkyl halides is 3. The Morgan fingerprint density at radius 1 is 0.969 bits per heavy atom. The maximum Gasteiger partial charge on any atom is 0.573 e. The van der Waals surface area contributed by atoms with E-state index in [4.69, 9.17) is 0 Å². The second-order valence-electron chi connectivity index (χ2n) is 8.27. The Morgan fingerprint density at radius 2 is 1.62 bits per heavy atom. The first-order valence-electron chi connectivity index (χ1n) is 10.8. The fourth-order valence-corrected chi connectivity index (χ4v) is 4.85. The van der Waals surface area contributed by atoms with Gasteiger partial charge in [-0.2, -0.15) is 0 Å². The Hall–Kier alpha value is -3.03. The predicted molar refractivity (Wildman–Crippen MR) is 112 cm³/mol. The minimum atomic E-state index is -4.91. The summed E-state index contributed by atoms with van der Waals surface area (Å²) >= 11 is 0. The maximum absolute atomic E-state index is 13.6. The van der Waals surface area contributed by atoms with Gasteiger partial charge in [0.2, 0.25) is 5.91 Å². The maximum atomic E-state index is 13.6. The summed E-state index contributed by atoms with van der Waals surface area (Å²) in [6.07, 6.45) is -1.80. The number of halogens is 3. The van der Waals surface area contributed by atoms with Gasteiger partial charge in [0.05, 0.1) is 5.56 Å². The van der Waals surface area contributed by atoms with Crippen LogP contribution in [-0.4, -0.2) is 53.1 Å². The Morgan fingerprint density at radius 3 is 2.34 bits per heavy atom. The van der Waals surface area contributed by atoms with Crippen molar-refractivity contribution in [2.24, 2.45) is 0 Å². The van der Waals surface area contributed by atoms with Crippen LogP contribution in [0.15, 0.2) is 54.6 Å². The summed E-state index contributed by atoms with van der Waals surface area (Å²) in [5, 5.41) is 0. The average Bonchev–Trinajstić information content (AvgIpc) is 3.19. The van der Waals surface area contributed by atoms with Crippen molar-refractivity contribution in [2.45, 2.75) is 44.0 Å². The molecular formula is C24H25F3N2O3. The van der Waals surface area contributed by atoms with Gasteiger partial charge in [0.25, 0.3) is 5.91 Å². The number of carbonyl (C=O) groups excluding carboxylic acids is 2. The molecule has 0 aliphatic carbocycles. The zero-order valence-corrected chi connectivity index (χ0v) is 17.6. The fraction of sp³-hybridized carbons (Fsp3) is 0.417. The van der Waals surface area contributed by atoms with E-state index in [1.54, 1.807) is 4.90 Å². The van der Waals surface area contributed by atoms with Gasteiger partial charge in [0.1, 0.15) is 11.3 Å². The SMILES string of the molecule is O=C(c1ccccc1OC(F)(F)F)N1CCCC12CCCN(CCc1ccccc1)C2=O. The number of rotatable bonds is 5. The largest absolute Gasteiger partial charge is 0.573 e. The van der Waals surface area contributed by atoms with E-state index in [1.165, 1.54) is 23.1 Å². The number of nitrogens with zero attached hydrogens (tertiary/aromatic N) is 2. The Balaban J connectivity index is 1.55. The standard InChI is InChI=1S/C24H25F3N2O3/c25-24(26,27)32-20-11-5-4-10-19(20)21(30)29-16-7-14-23(29)13-6-15-28(22(23)31)17-12-18-8-2-1-3-9-18/h1-5,8-11H,6-7,12-17H2. The van der Waals surface area contributed by atoms with Crippen LogP contribution in [0.5, 0.6) is 5.75 Å². The molecule has 170 valence electrons. The highest BCUT2D eigenvalue weighted by Gasteiger charge is 2.53. The van der Waals surface area contributed by atoms with Gasteiger partial charge < -0.3 is 14.5 Å². The van der Waals surface area contributed by atoms with E-state index in [0.29, 0.717) is 45.3 Å². The summed E-state index contributed by atoms with van der Waals surface area (Å²) < 4.78 is 42.6. The van der Waals surface area contributed by atoms with Crippen LogP contribution in [-0.2, 0) is 11.2 Å². The number of benzene rings is 2. The van der Waals surface area contributed by atoms with Gasteiger partial charge >= 0.3 is 6.36 Å². The van der Waals surface area contributed by atoms with Crippen LogP contribution in [0.3, 0.4) is 0 Å². The monoisotopic (exact) mass is 446 g/mol. The summed E-state index contributed by atoms with van der Waals surface area (Å²) in [6, 6.07) is 15.2. The van der Waals surface area contributed by atoms with Gasteiger partial charge in [-0.15, -0.1) is 13.2 Å². The number of ether oxygens (including phenoxy) is 1. The Labute approximate surface area is 184 Å². The predicted octanol–water partition coefficient (Wildman–Crippen LogP) is 4.43. The molecule has 2 aliphatic rings. The molecule has 2 fully saturated rings. The van der Waals surface area contributed by atoms with Crippen molar-refractivity contribution in [2.75, 3.05) is 19.6 Å². The molecule has 2 saturated heterocycles. The van der Waals surface area contributed by atoms with Gasteiger partial charge in [-0.1, -0.05) is 42.5 Å². The number of hydrogen-bond donors (Lipinski definition) is 0. The topological polar surface area (TPSA) is 49.9 Å². The van der Waals surface area contributed by atoms with Crippen molar-refractivity contribution in [3.63, 3.8) is 0 Å². The van der Waals surface area contributed by atoms with E-state index >= 15 is 0 Å². The molecule has 5 nitrogen and oxygen atoms in total. The summed E-state index contributed by atoms with van der Waals surface area (Å²) in [5.74, 6) is -1.25. The number of para-hydroxylation sites is 1. The van der Waals surface area contributed by atoms with Crippen molar-refractivity contribution in [3.8, 4) is 5.75 Å². The second kappa shape index (κ2) is 8.84. The van der Waals surface area contributed by atoms with Gasteiger partial charge in [-0.25, -0.2) is 0 Å². The molecular weight excluding hydrogens is 421 g/mol. The second-order valence-corrected chi connectivity index (χ2v) is 8.27. The molecule has 2 aromatic rings. The number of piperidine rings is 1. The molecule has 0 bridgehead atoms. The third-order valence-corrected chi connectivity index (χ3v) is 6.29. The van der Waals surface area contributed by atoms with Gasteiger partial charge in [-0.3, -0.25) is 9.59 Å². The lowest BCUT2D eigenvalue weighted by molar-refractivity contribution is -0.274. The number of amides is 2. The van der Waals surface area contributed by atoms with Crippen molar-refractivity contribution in [1.82, 2.24) is 9.80 Å². The molecule has 2 heterocycles. The number of carbonyl (C=O) groups is 2. The third-order valence-electron chi connectivity index (χ3n) is 6.29. The molecule has 0 radical (unpaired) electrons. The van der Waals surface area contributed by atoms with Crippen molar-refractivity contribution in [1.29, 1.82) is 0 Å². The van der Waals surface area contributed by atoms with E-state index in [1.807, 2.05) is 30.3 Å². The quantitative estimate of drug-likeness (QED) is 0.683. The van der Waals surface area contributed by atoms with Gasteiger partial charge in [0, 0.05) is 19.6 Å². The van der Waals surface area contributed by atoms with Crippen LogP contribution in [0.1, 0.15) is 41.6 Å². The van der Waals surface area contributed by atoms with Crippen LogP contribution in [0.25, 0.3) is 0 Å². The lowest BCUT2D eigenvalue weighted by Crippen LogP contribution is -2.61.